The third-order valence-electron chi connectivity index (χ3n) is 3.09. The lowest BCUT2D eigenvalue weighted by atomic mass is 9.95. The molecule has 1 aliphatic rings. The first kappa shape index (κ1) is 16.5. The minimum Gasteiger partial charge on any atom is -0.456 e. The Morgan fingerprint density at radius 2 is 1.82 bits per heavy atom. The summed E-state index contributed by atoms with van der Waals surface area (Å²) in [5, 5.41) is 5.40. The van der Waals surface area contributed by atoms with Gasteiger partial charge in [-0.1, -0.05) is 28.1 Å². The van der Waals surface area contributed by atoms with Crippen LogP contribution in [0, 0.1) is 0 Å². The molecule has 0 saturated heterocycles. The van der Waals surface area contributed by atoms with E-state index in [1.807, 2.05) is 45.0 Å². The van der Waals surface area contributed by atoms with Gasteiger partial charge in [-0.15, -0.1) is 0 Å². The van der Waals surface area contributed by atoms with Gasteiger partial charge in [0.05, 0.1) is 11.6 Å². The molecule has 6 heteroatoms. The predicted octanol–water partition coefficient (Wildman–Crippen LogP) is 3.42. The Balaban J connectivity index is 2.41. The van der Waals surface area contributed by atoms with Gasteiger partial charge in [0, 0.05) is 10.2 Å². The van der Waals surface area contributed by atoms with Crippen LogP contribution in [0.25, 0.3) is 0 Å². The molecule has 2 N–H and O–H groups in total. The highest BCUT2D eigenvalue weighted by Crippen LogP contribution is 2.29. The van der Waals surface area contributed by atoms with E-state index in [9.17, 15) is 9.59 Å². The highest BCUT2D eigenvalue weighted by molar-refractivity contribution is 9.10. The van der Waals surface area contributed by atoms with Crippen LogP contribution in [-0.2, 0) is 9.53 Å². The average Bonchev–Trinajstić information content (AvgIpc) is 2.36. The lowest BCUT2D eigenvalue weighted by molar-refractivity contribution is -0.150. The Kier molecular flexibility index (Phi) is 4.60. The van der Waals surface area contributed by atoms with E-state index in [2.05, 4.69) is 26.6 Å². The van der Waals surface area contributed by atoms with E-state index in [0.717, 1.165) is 10.0 Å². The van der Waals surface area contributed by atoms with Gasteiger partial charge in [-0.25, -0.2) is 9.59 Å². The number of allylic oxidation sites excluding steroid dienone is 1. The zero-order valence-electron chi connectivity index (χ0n) is 13.0. The Labute approximate surface area is 138 Å². The number of carbonyl (C=O) groups excluding carboxylic acids is 2. The first-order valence-electron chi connectivity index (χ1n) is 6.94. The van der Waals surface area contributed by atoms with Crippen LogP contribution in [0.1, 0.15) is 39.3 Å². The molecule has 2 rings (SSSR count). The number of esters is 1. The maximum atomic E-state index is 12.5. The molecule has 0 radical (unpaired) electrons. The van der Waals surface area contributed by atoms with Crippen molar-refractivity contribution in [3.05, 3.63) is 45.6 Å². The van der Waals surface area contributed by atoms with Crippen molar-refractivity contribution in [2.75, 3.05) is 0 Å². The van der Waals surface area contributed by atoms with Gasteiger partial charge < -0.3 is 15.4 Å². The summed E-state index contributed by atoms with van der Waals surface area (Å²) in [7, 11) is 0. The molecule has 0 bridgehead atoms. The van der Waals surface area contributed by atoms with Crippen molar-refractivity contribution in [1.82, 2.24) is 10.6 Å². The van der Waals surface area contributed by atoms with Crippen molar-refractivity contribution in [2.24, 2.45) is 0 Å². The second kappa shape index (κ2) is 6.12. The van der Waals surface area contributed by atoms with Gasteiger partial charge in [0.1, 0.15) is 5.60 Å². The molecule has 2 amide bonds. The number of urea groups is 1. The smallest absolute Gasteiger partial charge is 0.338 e. The van der Waals surface area contributed by atoms with E-state index < -0.39 is 17.6 Å². The number of ether oxygens (including phenoxy) is 1. The van der Waals surface area contributed by atoms with Gasteiger partial charge in [-0.2, -0.15) is 0 Å². The van der Waals surface area contributed by atoms with E-state index >= 15 is 0 Å². The fraction of sp³-hybridized carbons (Fsp3) is 0.375. The SMILES string of the molecule is CC1=C(C(=O)OC(C)(C)C)[C@H](c2ccc(Br)cc2)NC(=O)N1. The maximum absolute atomic E-state index is 12.5. The van der Waals surface area contributed by atoms with Crippen LogP contribution in [0.4, 0.5) is 4.79 Å². The lowest BCUT2D eigenvalue weighted by Gasteiger charge is -2.30. The number of carbonyl (C=O) groups is 2. The average molecular weight is 367 g/mol. The van der Waals surface area contributed by atoms with Crippen LogP contribution in [0.2, 0.25) is 0 Å². The molecule has 1 atom stereocenters. The molecule has 1 aromatic rings. The number of nitrogens with one attached hydrogen (secondary N) is 2. The van der Waals surface area contributed by atoms with Crippen molar-refractivity contribution >= 4 is 27.9 Å². The number of benzene rings is 1. The summed E-state index contributed by atoms with van der Waals surface area (Å²) >= 11 is 3.37. The summed E-state index contributed by atoms with van der Waals surface area (Å²) in [6.07, 6.45) is 0. The largest absolute Gasteiger partial charge is 0.456 e. The van der Waals surface area contributed by atoms with Crippen molar-refractivity contribution in [2.45, 2.75) is 39.3 Å². The molecule has 1 aromatic carbocycles. The quantitative estimate of drug-likeness (QED) is 0.788. The fourth-order valence-corrected chi connectivity index (χ4v) is 2.47. The molecule has 0 fully saturated rings. The first-order chi connectivity index (χ1) is 10.2. The number of hydrogen-bond acceptors (Lipinski definition) is 3. The van der Waals surface area contributed by atoms with E-state index in [4.69, 9.17) is 4.74 Å². The Morgan fingerprint density at radius 3 is 2.36 bits per heavy atom. The Morgan fingerprint density at radius 1 is 1.23 bits per heavy atom. The Bertz CT molecular complexity index is 630. The van der Waals surface area contributed by atoms with E-state index in [1.165, 1.54) is 0 Å². The van der Waals surface area contributed by atoms with Crippen molar-refractivity contribution in [3.63, 3.8) is 0 Å². The molecule has 0 spiro atoms. The van der Waals surface area contributed by atoms with Crippen molar-refractivity contribution in [3.8, 4) is 0 Å². The minimum absolute atomic E-state index is 0.335. The van der Waals surface area contributed by atoms with Crippen LogP contribution in [0.15, 0.2) is 40.0 Å². The molecule has 22 heavy (non-hydrogen) atoms. The number of hydrogen-bond donors (Lipinski definition) is 2. The highest BCUT2D eigenvalue weighted by atomic mass is 79.9. The van der Waals surface area contributed by atoms with E-state index in [-0.39, 0.29) is 6.03 Å². The zero-order valence-corrected chi connectivity index (χ0v) is 14.6. The third kappa shape index (κ3) is 3.88. The fourth-order valence-electron chi connectivity index (χ4n) is 2.20. The summed E-state index contributed by atoms with van der Waals surface area (Å²) in [6.45, 7) is 7.13. The summed E-state index contributed by atoms with van der Waals surface area (Å²) in [5.74, 6) is -0.439. The van der Waals surface area contributed by atoms with Gasteiger partial charge in [0.2, 0.25) is 0 Å². The van der Waals surface area contributed by atoms with Crippen LogP contribution in [0.3, 0.4) is 0 Å². The topological polar surface area (TPSA) is 67.4 Å². The van der Waals surface area contributed by atoms with Crippen LogP contribution < -0.4 is 10.6 Å². The molecule has 5 nitrogen and oxygen atoms in total. The molecule has 0 saturated carbocycles. The molecule has 0 unspecified atom stereocenters. The van der Waals surface area contributed by atoms with Gasteiger partial charge in [0.15, 0.2) is 0 Å². The van der Waals surface area contributed by atoms with Gasteiger partial charge in [-0.05, 0) is 45.4 Å². The zero-order chi connectivity index (χ0) is 16.5. The maximum Gasteiger partial charge on any atom is 0.338 e. The summed E-state index contributed by atoms with van der Waals surface area (Å²) < 4.78 is 6.39. The predicted molar refractivity (Wildman–Crippen MR) is 87.1 cm³/mol. The van der Waals surface area contributed by atoms with E-state index in [1.54, 1.807) is 6.92 Å². The molecule has 118 valence electrons. The molecule has 0 aromatic heterocycles. The number of amides is 2. The third-order valence-corrected chi connectivity index (χ3v) is 3.62. The molecule has 0 aliphatic carbocycles. The van der Waals surface area contributed by atoms with Gasteiger partial charge in [-0.3, -0.25) is 0 Å². The molecular formula is C16H19BrN2O3. The monoisotopic (exact) mass is 366 g/mol. The second-order valence-corrected chi connectivity index (χ2v) is 7.04. The molecular weight excluding hydrogens is 348 g/mol. The van der Waals surface area contributed by atoms with E-state index in [0.29, 0.717) is 11.3 Å². The van der Waals surface area contributed by atoms with Crippen LogP contribution in [-0.4, -0.2) is 17.6 Å². The standard InChI is InChI=1S/C16H19BrN2O3/c1-9-12(14(20)22-16(2,3)4)13(19-15(21)18-9)10-5-7-11(17)8-6-10/h5-8,13H,1-4H3,(H2,18,19,21)/t13-/m0/s1. The number of halogens is 1. The minimum atomic E-state index is -0.601. The first-order valence-corrected chi connectivity index (χ1v) is 7.74. The second-order valence-electron chi connectivity index (χ2n) is 6.12. The molecule has 1 aliphatic heterocycles. The normalized spacial score (nSPS) is 18.6. The summed E-state index contributed by atoms with van der Waals surface area (Å²) in [5.41, 5.74) is 1.14. The number of rotatable bonds is 2. The molecule has 1 heterocycles. The van der Waals surface area contributed by atoms with Gasteiger partial charge >= 0.3 is 12.0 Å². The highest BCUT2D eigenvalue weighted by Gasteiger charge is 2.33. The lowest BCUT2D eigenvalue weighted by Crippen LogP contribution is -2.46. The Hall–Kier alpha value is -1.82. The van der Waals surface area contributed by atoms with Gasteiger partial charge in [0.25, 0.3) is 0 Å². The van der Waals surface area contributed by atoms with Crippen molar-refractivity contribution < 1.29 is 14.3 Å². The van der Waals surface area contributed by atoms with Crippen LogP contribution in [0.5, 0.6) is 0 Å². The van der Waals surface area contributed by atoms with Crippen LogP contribution >= 0.6 is 15.9 Å². The summed E-state index contributed by atoms with van der Waals surface area (Å²) in [4.78, 5) is 24.3. The summed E-state index contributed by atoms with van der Waals surface area (Å²) in [6, 6.07) is 6.59. The van der Waals surface area contributed by atoms with Crippen molar-refractivity contribution in [1.29, 1.82) is 0 Å².